The Kier molecular flexibility index (Phi) is 6.62. The number of hydrogen-bond donors (Lipinski definition) is 2. The molecule has 1 atom stereocenters. The number of ether oxygens (including phenoxy) is 3. The fourth-order valence-corrected chi connectivity index (χ4v) is 2.43. The molecule has 136 valence electrons. The van der Waals surface area contributed by atoms with Crippen LogP contribution in [-0.2, 0) is 6.61 Å². The Balaban J connectivity index is 2.18. The molecule has 0 aromatic carbocycles. The number of hydrogen-bond acceptors (Lipinski definition) is 8. The normalized spacial score (nSPS) is 11.7. The zero-order valence-corrected chi connectivity index (χ0v) is 15.1. The van der Waals surface area contributed by atoms with E-state index in [1.165, 1.54) is 0 Å². The first-order valence-corrected chi connectivity index (χ1v) is 8.16. The summed E-state index contributed by atoms with van der Waals surface area (Å²) in [6.45, 7) is 4.40. The summed E-state index contributed by atoms with van der Waals surface area (Å²) in [6.07, 6.45) is 5.27. The molecule has 0 amide bonds. The smallest absolute Gasteiger partial charge is 0.222 e. The fourth-order valence-electron chi connectivity index (χ4n) is 2.43. The van der Waals surface area contributed by atoms with E-state index in [4.69, 9.17) is 19.9 Å². The Bertz CT molecular complexity index is 696. The van der Waals surface area contributed by atoms with Gasteiger partial charge in [0.2, 0.25) is 5.95 Å². The summed E-state index contributed by atoms with van der Waals surface area (Å²) in [5.74, 6) is 2.39. The number of nitrogens with zero attached hydrogens (tertiary/aromatic N) is 3. The van der Waals surface area contributed by atoms with Crippen LogP contribution in [0.3, 0.4) is 0 Å². The van der Waals surface area contributed by atoms with Gasteiger partial charge < -0.3 is 25.3 Å². The van der Waals surface area contributed by atoms with Gasteiger partial charge in [-0.05, 0) is 13.3 Å². The summed E-state index contributed by atoms with van der Waals surface area (Å²) < 4.78 is 16.5. The Morgan fingerprint density at radius 1 is 1.20 bits per heavy atom. The lowest BCUT2D eigenvalue weighted by Gasteiger charge is -2.17. The monoisotopic (exact) mass is 347 g/mol. The van der Waals surface area contributed by atoms with Crippen LogP contribution in [0.5, 0.6) is 17.2 Å². The Morgan fingerprint density at radius 2 is 2.00 bits per heavy atom. The molecular weight excluding hydrogens is 322 g/mol. The van der Waals surface area contributed by atoms with Crippen molar-refractivity contribution in [3.63, 3.8) is 0 Å². The molecule has 0 saturated carbocycles. The van der Waals surface area contributed by atoms with Crippen LogP contribution in [0.25, 0.3) is 0 Å². The van der Waals surface area contributed by atoms with Gasteiger partial charge in [0, 0.05) is 18.3 Å². The van der Waals surface area contributed by atoms with E-state index in [1.807, 2.05) is 0 Å². The molecule has 0 aliphatic rings. The van der Waals surface area contributed by atoms with Gasteiger partial charge in [0.25, 0.3) is 0 Å². The van der Waals surface area contributed by atoms with Crippen molar-refractivity contribution < 1.29 is 14.2 Å². The van der Waals surface area contributed by atoms with Gasteiger partial charge in [-0.15, -0.1) is 0 Å². The average molecular weight is 347 g/mol. The SMILES string of the molecule is CCCC(C)Nc1nc(N)ncc1OCc1nccc(OC)c1OC. The van der Waals surface area contributed by atoms with Crippen molar-refractivity contribution in [1.29, 1.82) is 0 Å². The van der Waals surface area contributed by atoms with E-state index < -0.39 is 0 Å². The highest BCUT2D eigenvalue weighted by molar-refractivity contribution is 5.52. The summed E-state index contributed by atoms with van der Waals surface area (Å²) in [5.41, 5.74) is 6.32. The maximum Gasteiger partial charge on any atom is 0.222 e. The maximum absolute atomic E-state index is 5.86. The quantitative estimate of drug-likeness (QED) is 0.713. The van der Waals surface area contributed by atoms with Crippen LogP contribution in [0, 0.1) is 0 Å². The Hall–Kier alpha value is -2.77. The van der Waals surface area contributed by atoms with Gasteiger partial charge in [0.05, 0.1) is 20.4 Å². The minimum atomic E-state index is 0.185. The van der Waals surface area contributed by atoms with Gasteiger partial charge in [-0.25, -0.2) is 4.98 Å². The summed E-state index contributed by atoms with van der Waals surface area (Å²) in [5, 5.41) is 3.31. The van der Waals surface area contributed by atoms with Gasteiger partial charge in [-0.3, -0.25) is 4.98 Å². The fraction of sp³-hybridized carbons (Fsp3) is 0.471. The number of aromatic nitrogens is 3. The molecule has 0 saturated heterocycles. The molecule has 2 heterocycles. The highest BCUT2D eigenvalue weighted by Gasteiger charge is 2.15. The van der Waals surface area contributed by atoms with Gasteiger partial charge in [-0.1, -0.05) is 13.3 Å². The molecule has 0 spiro atoms. The standard InChI is InChI=1S/C17H25N5O3/c1-5-6-11(2)21-16-14(9-20-17(18)22-16)25-10-12-15(24-4)13(23-3)7-8-19-12/h7-9,11H,5-6,10H2,1-4H3,(H3,18,20,21,22). The van der Waals surface area contributed by atoms with Crippen molar-refractivity contribution in [1.82, 2.24) is 15.0 Å². The second kappa shape index (κ2) is 8.91. The van der Waals surface area contributed by atoms with E-state index >= 15 is 0 Å². The lowest BCUT2D eigenvalue weighted by molar-refractivity contribution is 0.284. The molecule has 8 heteroatoms. The number of nitrogens with two attached hydrogens (primary N) is 1. The maximum atomic E-state index is 5.86. The second-order valence-electron chi connectivity index (χ2n) is 5.56. The molecule has 3 N–H and O–H groups in total. The van der Waals surface area contributed by atoms with Crippen molar-refractivity contribution in [2.45, 2.75) is 39.3 Å². The molecule has 2 rings (SSSR count). The Morgan fingerprint density at radius 3 is 2.68 bits per heavy atom. The van der Waals surface area contributed by atoms with Crippen molar-refractivity contribution in [2.24, 2.45) is 0 Å². The Labute approximate surface area is 147 Å². The number of rotatable bonds is 9. The summed E-state index contributed by atoms with van der Waals surface area (Å²) in [7, 11) is 3.14. The van der Waals surface area contributed by atoms with Gasteiger partial charge in [-0.2, -0.15) is 4.98 Å². The van der Waals surface area contributed by atoms with Crippen molar-refractivity contribution in [2.75, 3.05) is 25.3 Å². The van der Waals surface area contributed by atoms with Crippen LogP contribution < -0.4 is 25.3 Å². The minimum Gasteiger partial charge on any atom is -0.493 e. The first kappa shape index (κ1) is 18.6. The lowest BCUT2D eigenvalue weighted by Crippen LogP contribution is -2.17. The largest absolute Gasteiger partial charge is 0.493 e. The molecule has 1 unspecified atom stereocenters. The highest BCUT2D eigenvalue weighted by Crippen LogP contribution is 2.31. The van der Waals surface area contributed by atoms with Crippen LogP contribution in [0.2, 0.25) is 0 Å². The third-order valence-electron chi connectivity index (χ3n) is 3.61. The number of pyridine rings is 1. The van der Waals surface area contributed by atoms with Crippen LogP contribution in [-0.4, -0.2) is 35.2 Å². The van der Waals surface area contributed by atoms with Gasteiger partial charge in [0.15, 0.2) is 23.1 Å². The van der Waals surface area contributed by atoms with Crippen molar-refractivity contribution >= 4 is 11.8 Å². The van der Waals surface area contributed by atoms with E-state index in [2.05, 4.69) is 34.1 Å². The second-order valence-corrected chi connectivity index (χ2v) is 5.56. The minimum absolute atomic E-state index is 0.185. The van der Waals surface area contributed by atoms with E-state index in [9.17, 15) is 0 Å². The average Bonchev–Trinajstić information content (AvgIpc) is 2.60. The zero-order valence-electron chi connectivity index (χ0n) is 15.1. The van der Waals surface area contributed by atoms with Gasteiger partial charge in [0.1, 0.15) is 12.3 Å². The number of nitrogens with one attached hydrogen (secondary N) is 1. The predicted octanol–water partition coefficient (Wildman–Crippen LogP) is 2.65. The lowest BCUT2D eigenvalue weighted by atomic mass is 10.2. The summed E-state index contributed by atoms with van der Waals surface area (Å²) >= 11 is 0. The van der Waals surface area contributed by atoms with Crippen LogP contribution in [0.4, 0.5) is 11.8 Å². The molecule has 8 nitrogen and oxygen atoms in total. The molecule has 0 aliphatic heterocycles. The molecule has 25 heavy (non-hydrogen) atoms. The van der Waals surface area contributed by atoms with E-state index in [-0.39, 0.29) is 18.6 Å². The van der Waals surface area contributed by atoms with E-state index in [0.717, 1.165) is 12.8 Å². The highest BCUT2D eigenvalue weighted by atomic mass is 16.5. The molecular formula is C17H25N5O3. The van der Waals surface area contributed by atoms with E-state index in [1.54, 1.807) is 32.7 Å². The predicted molar refractivity (Wildman–Crippen MR) is 96.1 cm³/mol. The van der Waals surface area contributed by atoms with Crippen LogP contribution >= 0.6 is 0 Å². The molecule has 0 fully saturated rings. The number of anilines is 2. The molecule has 0 radical (unpaired) electrons. The summed E-state index contributed by atoms with van der Waals surface area (Å²) in [6, 6.07) is 1.97. The van der Waals surface area contributed by atoms with Crippen LogP contribution in [0.15, 0.2) is 18.5 Å². The third kappa shape index (κ3) is 4.85. The van der Waals surface area contributed by atoms with Crippen LogP contribution in [0.1, 0.15) is 32.4 Å². The number of nitrogen functional groups attached to an aromatic ring is 1. The first-order valence-electron chi connectivity index (χ1n) is 8.16. The van der Waals surface area contributed by atoms with Crippen molar-refractivity contribution in [3.8, 4) is 17.2 Å². The third-order valence-corrected chi connectivity index (χ3v) is 3.61. The molecule has 0 aliphatic carbocycles. The van der Waals surface area contributed by atoms with Crippen molar-refractivity contribution in [3.05, 3.63) is 24.2 Å². The zero-order chi connectivity index (χ0) is 18.2. The molecule has 0 bridgehead atoms. The van der Waals surface area contributed by atoms with E-state index in [0.29, 0.717) is 28.8 Å². The first-order chi connectivity index (χ1) is 12.1. The molecule has 2 aromatic rings. The summed E-state index contributed by atoms with van der Waals surface area (Å²) in [4.78, 5) is 12.5. The van der Waals surface area contributed by atoms with Gasteiger partial charge >= 0.3 is 0 Å². The topological polar surface area (TPSA) is 104 Å². The number of methoxy groups -OCH3 is 2. The molecule has 2 aromatic heterocycles.